The second-order valence-electron chi connectivity index (χ2n) is 4.03. The zero-order valence-corrected chi connectivity index (χ0v) is 10.6. The van der Waals surface area contributed by atoms with Crippen molar-refractivity contribution in [3.8, 4) is 0 Å². The van der Waals surface area contributed by atoms with E-state index >= 15 is 0 Å². The lowest BCUT2D eigenvalue weighted by Gasteiger charge is -2.07. The summed E-state index contributed by atoms with van der Waals surface area (Å²) in [5.74, 6) is -0.313. The van der Waals surface area contributed by atoms with Crippen LogP contribution in [0, 0.1) is 0 Å². The maximum atomic E-state index is 11.0. The van der Waals surface area contributed by atoms with Crippen molar-refractivity contribution in [2.75, 3.05) is 7.11 Å². The van der Waals surface area contributed by atoms with Crippen LogP contribution in [0.25, 0.3) is 0 Å². The standard InChI is InChI=1S/C13H25NO2/c1-3-4-5-6-7-8-9-10-11-12(14)13(15)16-2/h7-8,12H,3-6,9-11,14H2,1-2H3/b8-7+. The van der Waals surface area contributed by atoms with Crippen LogP contribution in [0.4, 0.5) is 0 Å². The summed E-state index contributed by atoms with van der Waals surface area (Å²) in [7, 11) is 1.37. The van der Waals surface area contributed by atoms with E-state index in [1.165, 1.54) is 26.4 Å². The predicted molar refractivity (Wildman–Crippen MR) is 67.1 cm³/mol. The van der Waals surface area contributed by atoms with Gasteiger partial charge in [-0.2, -0.15) is 0 Å². The third-order valence-electron chi connectivity index (χ3n) is 2.53. The first-order valence-electron chi connectivity index (χ1n) is 6.20. The number of ether oxygens (including phenoxy) is 1. The lowest BCUT2D eigenvalue weighted by atomic mass is 10.1. The number of hydrogen-bond acceptors (Lipinski definition) is 3. The minimum atomic E-state index is -0.460. The largest absolute Gasteiger partial charge is 0.468 e. The second kappa shape index (κ2) is 10.7. The average molecular weight is 227 g/mol. The Balaban J connectivity index is 3.35. The smallest absolute Gasteiger partial charge is 0.322 e. The number of carbonyl (C=O) groups is 1. The zero-order valence-electron chi connectivity index (χ0n) is 10.6. The summed E-state index contributed by atoms with van der Waals surface area (Å²) in [6.45, 7) is 2.21. The molecular formula is C13H25NO2. The van der Waals surface area contributed by atoms with Crippen molar-refractivity contribution in [3.05, 3.63) is 12.2 Å². The van der Waals surface area contributed by atoms with Gasteiger partial charge in [0.25, 0.3) is 0 Å². The molecule has 2 N–H and O–H groups in total. The fraction of sp³-hybridized carbons (Fsp3) is 0.769. The van der Waals surface area contributed by atoms with Gasteiger partial charge in [0.05, 0.1) is 7.11 Å². The van der Waals surface area contributed by atoms with E-state index < -0.39 is 6.04 Å². The van der Waals surface area contributed by atoms with Crippen molar-refractivity contribution < 1.29 is 9.53 Å². The van der Waals surface area contributed by atoms with Crippen LogP contribution in [0.5, 0.6) is 0 Å². The number of carbonyl (C=O) groups excluding carboxylic acids is 1. The molecule has 0 aliphatic heterocycles. The van der Waals surface area contributed by atoms with E-state index in [0.29, 0.717) is 6.42 Å². The number of esters is 1. The Bertz CT molecular complexity index is 202. The molecule has 0 radical (unpaired) electrons. The molecular weight excluding hydrogens is 202 g/mol. The van der Waals surface area contributed by atoms with E-state index in [4.69, 9.17) is 5.73 Å². The minimum Gasteiger partial charge on any atom is -0.468 e. The van der Waals surface area contributed by atoms with Crippen LogP contribution in [0.3, 0.4) is 0 Å². The molecule has 0 spiro atoms. The van der Waals surface area contributed by atoms with E-state index in [2.05, 4.69) is 23.8 Å². The summed E-state index contributed by atoms with van der Waals surface area (Å²) in [4.78, 5) is 11.0. The molecule has 1 atom stereocenters. The summed E-state index contributed by atoms with van der Waals surface area (Å²) in [6.07, 6.45) is 12.0. The van der Waals surface area contributed by atoms with E-state index in [-0.39, 0.29) is 5.97 Å². The molecule has 1 unspecified atom stereocenters. The highest BCUT2D eigenvalue weighted by Gasteiger charge is 2.11. The van der Waals surface area contributed by atoms with E-state index in [1.807, 2.05) is 0 Å². The average Bonchev–Trinajstić information content (AvgIpc) is 2.31. The van der Waals surface area contributed by atoms with Crippen LogP contribution in [-0.2, 0) is 9.53 Å². The number of nitrogens with two attached hydrogens (primary N) is 1. The topological polar surface area (TPSA) is 52.3 Å². The lowest BCUT2D eigenvalue weighted by molar-refractivity contribution is -0.142. The third-order valence-corrected chi connectivity index (χ3v) is 2.53. The van der Waals surface area contributed by atoms with Gasteiger partial charge in [0.15, 0.2) is 0 Å². The normalized spacial score (nSPS) is 12.9. The van der Waals surface area contributed by atoms with Crippen molar-refractivity contribution in [3.63, 3.8) is 0 Å². The second-order valence-corrected chi connectivity index (χ2v) is 4.03. The Kier molecular flexibility index (Phi) is 10.1. The van der Waals surface area contributed by atoms with Gasteiger partial charge in [-0.15, -0.1) is 0 Å². The van der Waals surface area contributed by atoms with Gasteiger partial charge in [-0.05, 0) is 32.1 Å². The van der Waals surface area contributed by atoms with Crippen molar-refractivity contribution in [1.29, 1.82) is 0 Å². The molecule has 0 aromatic rings. The summed E-state index contributed by atoms with van der Waals surface area (Å²) in [6, 6.07) is -0.460. The fourth-order valence-corrected chi connectivity index (χ4v) is 1.47. The van der Waals surface area contributed by atoms with Gasteiger partial charge >= 0.3 is 5.97 Å². The van der Waals surface area contributed by atoms with Gasteiger partial charge in [-0.25, -0.2) is 0 Å². The molecule has 0 heterocycles. The van der Waals surface area contributed by atoms with Gasteiger partial charge in [0, 0.05) is 0 Å². The Labute approximate surface area is 99.0 Å². The molecule has 0 fully saturated rings. The quantitative estimate of drug-likeness (QED) is 0.374. The fourth-order valence-electron chi connectivity index (χ4n) is 1.47. The van der Waals surface area contributed by atoms with Crippen LogP contribution < -0.4 is 5.73 Å². The molecule has 0 saturated heterocycles. The molecule has 3 heteroatoms. The minimum absolute atomic E-state index is 0.313. The first-order chi connectivity index (χ1) is 7.72. The predicted octanol–water partition coefficient (Wildman–Crippen LogP) is 2.79. The Morgan fingerprint density at radius 3 is 2.44 bits per heavy atom. The van der Waals surface area contributed by atoms with Crippen LogP contribution in [0.2, 0.25) is 0 Å². The Morgan fingerprint density at radius 2 is 1.88 bits per heavy atom. The van der Waals surface area contributed by atoms with E-state index in [9.17, 15) is 4.79 Å². The summed E-state index contributed by atoms with van der Waals surface area (Å²) >= 11 is 0. The zero-order chi connectivity index (χ0) is 12.2. The van der Waals surface area contributed by atoms with Gasteiger partial charge in [-0.3, -0.25) is 4.79 Å². The van der Waals surface area contributed by atoms with Crippen LogP contribution in [0.15, 0.2) is 12.2 Å². The molecule has 0 aromatic heterocycles. The van der Waals surface area contributed by atoms with E-state index in [1.54, 1.807) is 0 Å². The molecule has 16 heavy (non-hydrogen) atoms. The number of unbranched alkanes of at least 4 members (excludes halogenated alkanes) is 4. The van der Waals surface area contributed by atoms with Gasteiger partial charge in [-0.1, -0.05) is 31.9 Å². The highest BCUT2D eigenvalue weighted by molar-refractivity contribution is 5.75. The summed E-state index contributed by atoms with van der Waals surface area (Å²) < 4.78 is 4.55. The maximum absolute atomic E-state index is 11.0. The molecule has 0 rings (SSSR count). The summed E-state index contributed by atoms with van der Waals surface area (Å²) in [5, 5.41) is 0. The molecule has 0 aliphatic carbocycles. The number of allylic oxidation sites excluding steroid dienone is 2. The first-order valence-corrected chi connectivity index (χ1v) is 6.20. The number of hydrogen-bond donors (Lipinski definition) is 1. The van der Waals surface area contributed by atoms with Gasteiger partial charge in [0.2, 0.25) is 0 Å². The molecule has 0 amide bonds. The molecule has 0 aromatic carbocycles. The van der Waals surface area contributed by atoms with Crippen LogP contribution in [0.1, 0.15) is 51.9 Å². The summed E-state index contributed by atoms with van der Waals surface area (Å²) in [5.41, 5.74) is 5.61. The van der Waals surface area contributed by atoms with Gasteiger partial charge < -0.3 is 10.5 Å². The third kappa shape index (κ3) is 8.48. The molecule has 3 nitrogen and oxygen atoms in total. The van der Waals surface area contributed by atoms with Crippen molar-refractivity contribution in [2.45, 2.75) is 57.9 Å². The molecule has 0 aliphatic rings. The van der Waals surface area contributed by atoms with Crippen LogP contribution in [-0.4, -0.2) is 19.1 Å². The first kappa shape index (κ1) is 15.2. The highest BCUT2D eigenvalue weighted by atomic mass is 16.5. The number of methoxy groups -OCH3 is 1. The monoisotopic (exact) mass is 227 g/mol. The van der Waals surface area contributed by atoms with Gasteiger partial charge in [0.1, 0.15) is 6.04 Å². The van der Waals surface area contributed by atoms with E-state index in [0.717, 1.165) is 19.3 Å². The molecule has 0 saturated carbocycles. The van der Waals surface area contributed by atoms with Crippen LogP contribution >= 0.6 is 0 Å². The van der Waals surface area contributed by atoms with Crippen molar-refractivity contribution in [1.82, 2.24) is 0 Å². The molecule has 94 valence electrons. The number of rotatable bonds is 9. The van der Waals surface area contributed by atoms with Crippen molar-refractivity contribution >= 4 is 5.97 Å². The SMILES string of the molecule is CCCCC/C=C/CCCC(N)C(=O)OC. The Morgan fingerprint density at radius 1 is 1.25 bits per heavy atom. The molecule has 0 bridgehead atoms. The lowest BCUT2D eigenvalue weighted by Crippen LogP contribution is -2.31. The highest BCUT2D eigenvalue weighted by Crippen LogP contribution is 2.04. The van der Waals surface area contributed by atoms with Crippen molar-refractivity contribution in [2.24, 2.45) is 5.73 Å². The maximum Gasteiger partial charge on any atom is 0.322 e. The Hall–Kier alpha value is -0.830.